The third-order valence-corrected chi connectivity index (χ3v) is 2.71. The zero-order valence-corrected chi connectivity index (χ0v) is 11.2. The number of hydrogen-bond donors (Lipinski definition) is 1. The van der Waals surface area contributed by atoms with Gasteiger partial charge in [-0.15, -0.1) is 0 Å². The minimum atomic E-state index is -0.150. The summed E-state index contributed by atoms with van der Waals surface area (Å²) in [5.41, 5.74) is 1.10. The third-order valence-electron chi connectivity index (χ3n) is 2.71. The van der Waals surface area contributed by atoms with Crippen LogP contribution < -0.4 is 10.1 Å². The molecule has 0 amide bonds. The highest BCUT2D eigenvalue weighted by Gasteiger charge is 2.19. The summed E-state index contributed by atoms with van der Waals surface area (Å²) in [5, 5.41) is 3.02. The predicted molar refractivity (Wildman–Crippen MR) is 70.7 cm³/mol. The van der Waals surface area contributed by atoms with Crippen LogP contribution in [0.25, 0.3) is 0 Å². The Balaban J connectivity index is 2.66. The van der Waals surface area contributed by atoms with Gasteiger partial charge in [0.25, 0.3) is 0 Å². The molecule has 0 saturated carbocycles. The van der Waals surface area contributed by atoms with Gasteiger partial charge < -0.3 is 14.8 Å². The molecule has 0 aliphatic rings. The van der Waals surface area contributed by atoms with E-state index in [0.717, 1.165) is 11.3 Å². The van der Waals surface area contributed by atoms with Crippen LogP contribution in [0, 0.1) is 5.92 Å². The van der Waals surface area contributed by atoms with Crippen LogP contribution in [-0.2, 0) is 16.0 Å². The second-order valence-electron chi connectivity index (χ2n) is 4.06. The summed E-state index contributed by atoms with van der Waals surface area (Å²) in [4.78, 5) is 11.8. The fraction of sp³-hybridized carbons (Fsp3) is 0.500. The second kappa shape index (κ2) is 7.71. The molecule has 0 heterocycles. The van der Waals surface area contributed by atoms with E-state index in [1.807, 2.05) is 38.2 Å². The number of hydrogen-bond acceptors (Lipinski definition) is 4. The highest BCUT2D eigenvalue weighted by atomic mass is 16.5. The molecule has 0 aromatic heterocycles. The molecular weight excluding hydrogens is 230 g/mol. The number of ether oxygens (including phenoxy) is 2. The van der Waals surface area contributed by atoms with E-state index in [1.165, 1.54) is 0 Å². The first-order valence-electron chi connectivity index (χ1n) is 6.15. The van der Waals surface area contributed by atoms with Crippen molar-refractivity contribution in [3.63, 3.8) is 0 Å². The van der Waals surface area contributed by atoms with E-state index >= 15 is 0 Å². The summed E-state index contributed by atoms with van der Waals surface area (Å²) >= 11 is 0. The van der Waals surface area contributed by atoms with E-state index in [4.69, 9.17) is 9.47 Å². The second-order valence-corrected chi connectivity index (χ2v) is 4.06. The Kier molecular flexibility index (Phi) is 6.22. The van der Waals surface area contributed by atoms with Crippen molar-refractivity contribution in [2.45, 2.75) is 13.3 Å². The van der Waals surface area contributed by atoms with Gasteiger partial charge in [0, 0.05) is 6.54 Å². The fourth-order valence-electron chi connectivity index (χ4n) is 1.79. The van der Waals surface area contributed by atoms with Crippen LogP contribution in [0.5, 0.6) is 5.75 Å². The molecule has 0 aliphatic carbocycles. The van der Waals surface area contributed by atoms with Crippen LogP contribution in [0.3, 0.4) is 0 Å². The van der Waals surface area contributed by atoms with Gasteiger partial charge in [0.2, 0.25) is 0 Å². The molecule has 4 nitrogen and oxygen atoms in total. The SMILES string of the molecule is CCOC(=O)C(CNC)Cc1ccc(OC)cc1. The summed E-state index contributed by atoms with van der Waals surface area (Å²) < 4.78 is 10.2. The molecule has 1 aromatic carbocycles. The molecule has 0 bridgehead atoms. The van der Waals surface area contributed by atoms with Crippen LogP contribution in [0.4, 0.5) is 0 Å². The maximum Gasteiger partial charge on any atom is 0.310 e. The Morgan fingerprint density at radius 2 is 2.00 bits per heavy atom. The van der Waals surface area contributed by atoms with E-state index in [-0.39, 0.29) is 11.9 Å². The van der Waals surface area contributed by atoms with E-state index in [1.54, 1.807) is 7.11 Å². The van der Waals surface area contributed by atoms with Gasteiger partial charge in [0.15, 0.2) is 0 Å². The molecule has 0 spiro atoms. The molecule has 0 fully saturated rings. The molecule has 1 rings (SSSR count). The molecule has 0 radical (unpaired) electrons. The van der Waals surface area contributed by atoms with Crippen molar-refractivity contribution in [3.8, 4) is 5.75 Å². The number of carbonyl (C=O) groups excluding carboxylic acids is 1. The Bertz CT molecular complexity index is 362. The molecule has 4 heteroatoms. The van der Waals surface area contributed by atoms with Crippen molar-refractivity contribution in [1.29, 1.82) is 0 Å². The lowest BCUT2D eigenvalue weighted by Crippen LogP contribution is -2.29. The zero-order chi connectivity index (χ0) is 13.4. The van der Waals surface area contributed by atoms with Gasteiger partial charge in [-0.3, -0.25) is 4.79 Å². The van der Waals surface area contributed by atoms with Crippen molar-refractivity contribution in [2.75, 3.05) is 27.3 Å². The first kappa shape index (κ1) is 14.5. The first-order chi connectivity index (χ1) is 8.71. The summed E-state index contributed by atoms with van der Waals surface area (Å²) in [6, 6.07) is 7.75. The molecular formula is C14H21NO3. The highest BCUT2D eigenvalue weighted by molar-refractivity contribution is 5.73. The summed E-state index contributed by atoms with van der Waals surface area (Å²) in [6.45, 7) is 2.86. The summed E-state index contributed by atoms with van der Waals surface area (Å²) in [5.74, 6) is 0.520. The van der Waals surface area contributed by atoms with E-state index in [9.17, 15) is 4.79 Å². The van der Waals surface area contributed by atoms with Crippen LogP contribution in [0.15, 0.2) is 24.3 Å². The van der Waals surface area contributed by atoms with E-state index < -0.39 is 0 Å². The average molecular weight is 251 g/mol. The number of nitrogens with one attached hydrogen (secondary N) is 1. The van der Waals surface area contributed by atoms with Crippen molar-refractivity contribution >= 4 is 5.97 Å². The average Bonchev–Trinajstić information content (AvgIpc) is 2.39. The van der Waals surface area contributed by atoms with E-state index in [0.29, 0.717) is 19.6 Å². The molecule has 100 valence electrons. The maximum atomic E-state index is 11.8. The Morgan fingerprint density at radius 3 is 2.50 bits per heavy atom. The number of benzene rings is 1. The van der Waals surface area contributed by atoms with Crippen LogP contribution >= 0.6 is 0 Å². The highest BCUT2D eigenvalue weighted by Crippen LogP contribution is 2.15. The molecule has 1 unspecified atom stereocenters. The first-order valence-corrected chi connectivity index (χ1v) is 6.15. The van der Waals surface area contributed by atoms with Crippen LogP contribution in [-0.4, -0.2) is 33.3 Å². The maximum absolute atomic E-state index is 11.8. The van der Waals surface area contributed by atoms with Gasteiger partial charge in [-0.05, 0) is 38.1 Å². The van der Waals surface area contributed by atoms with Gasteiger partial charge in [0.1, 0.15) is 5.75 Å². The topological polar surface area (TPSA) is 47.6 Å². The van der Waals surface area contributed by atoms with Crippen molar-refractivity contribution in [2.24, 2.45) is 5.92 Å². The Labute approximate surface area is 108 Å². The lowest BCUT2D eigenvalue weighted by molar-refractivity contribution is -0.147. The standard InChI is InChI=1S/C14H21NO3/c1-4-18-14(16)12(10-15-2)9-11-5-7-13(17-3)8-6-11/h5-8,12,15H,4,9-10H2,1-3H3. The smallest absolute Gasteiger partial charge is 0.310 e. The van der Waals surface area contributed by atoms with Crippen LogP contribution in [0.1, 0.15) is 12.5 Å². The Morgan fingerprint density at radius 1 is 1.33 bits per heavy atom. The largest absolute Gasteiger partial charge is 0.497 e. The van der Waals surface area contributed by atoms with Crippen molar-refractivity contribution in [1.82, 2.24) is 5.32 Å². The van der Waals surface area contributed by atoms with Crippen LogP contribution in [0.2, 0.25) is 0 Å². The Hall–Kier alpha value is -1.55. The van der Waals surface area contributed by atoms with Gasteiger partial charge >= 0.3 is 5.97 Å². The monoisotopic (exact) mass is 251 g/mol. The summed E-state index contributed by atoms with van der Waals surface area (Å²) in [7, 11) is 3.47. The lowest BCUT2D eigenvalue weighted by atomic mass is 9.99. The third kappa shape index (κ3) is 4.37. The van der Waals surface area contributed by atoms with Crippen molar-refractivity contribution < 1.29 is 14.3 Å². The molecule has 1 N–H and O–H groups in total. The van der Waals surface area contributed by atoms with Gasteiger partial charge in [-0.25, -0.2) is 0 Å². The molecule has 1 aromatic rings. The molecule has 0 aliphatic heterocycles. The predicted octanol–water partition coefficient (Wildman–Crippen LogP) is 1.64. The zero-order valence-electron chi connectivity index (χ0n) is 11.2. The van der Waals surface area contributed by atoms with Gasteiger partial charge in [-0.1, -0.05) is 12.1 Å². The van der Waals surface area contributed by atoms with Gasteiger partial charge in [0.05, 0.1) is 19.6 Å². The minimum Gasteiger partial charge on any atom is -0.497 e. The van der Waals surface area contributed by atoms with Crippen molar-refractivity contribution in [3.05, 3.63) is 29.8 Å². The lowest BCUT2D eigenvalue weighted by Gasteiger charge is -2.15. The molecule has 18 heavy (non-hydrogen) atoms. The molecule has 0 saturated heterocycles. The normalized spacial score (nSPS) is 11.9. The molecule has 1 atom stereocenters. The van der Waals surface area contributed by atoms with E-state index in [2.05, 4.69) is 5.32 Å². The van der Waals surface area contributed by atoms with Gasteiger partial charge in [-0.2, -0.15) is 0 Å². The minimum absolute atomic E-state index is 0.150. The fourth-order valence-corrected chi connectivity index (χ4v) is 1.79. The quantitative estimate of drug-likeness (QED) is 0.748. The number of esters is 1. The number of rotatable bonds is 7. The summed E-state index contributed by atoms with van der Waals surface area (Å²) in [6.07, 6.45) is 0.670. The number of methoxy groups -OCH3 is 1. The number of carbonyl (C=O) groups is 1.